The van der Waals surface area contributed by atoms with Gasteiger partial charge in [0.25, 0.3) is 0 Å². The molecule has 0 unspecified atom stereocenters. The van der Waals surface area contributed by atoms with Gasteiger partial charge in [-0.15, -0.1) is 0 Å². The van der Waals surface area contributed by atoms with Gasteiger partial charge in [0.2, 0.25) is 0 Å². The number of rotatable bonds is 1. The molecule has 14 heavy (non-hydrogen) atoms. The lowest BCUT2D eigenvalue weighted by Crippen LogP contribution is -2.00. The fourth-order valence-electron chi connectivity index (χ4n) is 0.988. The van der Waals surface area contributed by atoms with Gasteiger partial charge in [0.05, 0.1) is 0 Å². The third-order valence-electron chi connectivity index (χ3n) is 1.70. The molecule has 0 radical (unpaired) electrons. The molecule has 3 nitrogen and oxygen atoms in total. The largest absolute Gasteiger partial charge is 0.398 e. The standard InChI is InChI=1S/C9H11NO.C2H6O/c1-6-4-3-5-8(7(2)11)9(6)10;1-3-2/h3-5H,10H2,1-2H3;1-2H3. The predicted octanol–water partition coefficient (Wildman–Crippen LogP) is 2.04. The quantitative estimate of drug-likeness (QED) is 0.551. The Morgan fingerprint density at radius 3 is 2.21 bits per heavy atom. The summed E-state index contributed by atoms with van der Waals surface area (Å²) in [6.45, 7) is 3.41. The van der Waals surface area contributed by atoms with E-state index in [9.17, 15) is 4.79 Å². The number of aryl methyl sites for hydroxylation is 1. The van der Waals surface area contributed by atoms with Gasteiger partial charge >= 0.3 is 0 Å². The lowest BCUT2D eigenvalue weighted by molar-refractivity contribution is 0.101. The van der Waals surface area contributed by atoms with Crippen molar-refractivity contribution in [1.82, 2.24) is 0 Å². The summed E-state index contributed by atoms with van der Waals surface area (Å²) in [5.74, 6) is 0.0196. The number of hydrogen-bond acceptors (Lipinski definition) is 3. The fraction of sp³-hybridized carbons (Fsp3) is 0.364. The molecule has 2 N–H and O–H groups in total. The monoisotopic (exact) mass is 195 g/mol. The smallest absolute Gasteiger partial charge is 0.161 e. The van der Waals surface area contributed by atoms with Crippen LogP contribution in [-0.4, -0.2) is 20.0 Å². The zero-order chi connectivity index (χ0) is 11.1. The van der Waals surface area contributed by atoms with Crippen molar-refractivity contribution >= 4 is 11.5 Å². The molecule has 1 aromatic rings. The number of ketones is 1. The number of nitrogen functional groups attached to an aromatic ring is 1. The van der Waals surface area contributed by atoms with Crippen molar-refractivity contribution in [1.29, 1.82) is 0 Å². The highest BCUT2D eigenvalue weighted by Gasteiger charge is 2.04. The summed E-state index contributed by atoms with van der Waals surface area (Å²) in [4.78, 5) is 10.9. The molecule has 0 aliphatic heterocycles. The average Bonchev–Trinajstić information content (AvgIpc) is 2.10. The average molecular weight is 195 g/mol. The van der Waals surface area contributed by atoms with Gasteiger partial charge in [-0.3, -0.25) is 4.79 Å². The number of para-hydroxylation sites is 1. The van der Waals surface area contributed by atoms with Crippen LogP contribution in [0.4, 0.5) is 5.69 Å². The molecule has 0 bridgehead atoms. The zero-order valence-corrected chi connectivity index (χ0v) is 9.13. The topological polar surface area (TPSA) is 52.3 Å². The van der Waals surface area contributed by atoms with Gasteiger partial charge in [-0.2, -0.15) is 0 Å². The van der Waals surface area contributed by atoms with Crippen molar-refractivity contribution in [3.05, 3.63) is 29.3 Å². The SMILES string of the molecule is CC(=O)c1cccc(C)c1N.COC. The maximum atomic E-state index is 10.9. The number of benzene rings is 1. The number of carbonyl (C=O) groups excluding carboxylic acids is 1. The highest BCUT2D eigenvalue weighted by atomic mass is 16.4. The van der Waals surface area contributed by atoms with Crippen LogP contribution >= 0.6 is 0 Å². The number of Topliss-reactive ketones (excluding diaryl/α,β-unsaturated/α-hetero) is 1. The molecule has 1 aromatic carbocycles. The van der Waals surface area contributed by atoms with E-state index < -0.39 is 0 Å². The minimum Gasteiger partial charge on any atom is -0.398 e. The molecule has 0 saturated heterocycles. The molecule has 3 heteroatoms. The highest BCUT2D eigenvalue weighted by Crippen LogP contribution is 2.16. The molecule has 0 aliphatic rings. The lowest BCUT2D eigenvalue weighted by atomic mass is 10.1. The Kier molecular flexibility index (Phi) is 5.56. The molecule has 0 fully saturated rings. The number of nitrogens with two attached hydrogens (primary N) is 1. The van der Waals surface area contributed by atoms with E-state index in [0.717, 1.165) is 5.56 Å². The van der Waals surface area contributed by atoms with Crippen LogP contribution < -0.4 is 5.73 Å². The molecule has 0 aliphatic carbocycles. The fourth-order valence-corrected chi connectivity index (χ4v) is 0.988. The van der Waals surface area contributed by atoms with Crippen LogP contribution in [0.3, 0.4) is 0 Å². The van der Waals surface area contributed by atoms with Gasteiger partial charge in [0, 0.05) is 25.5 Å². The molecule has 0 amide bonds. The lowest BCUT2D eigenvalue weighted by Gasteiger charge is -2.03. The highest BCUT2D eigenvalue weighted by molar-refractivity contribution is 5.99. The summed E-state index contributed by atoms with van der Waals surface area (Å²) in [7, 11) is 3.25. The molecule has 1 rings (SSSR count). The van der Waals surface area contributed by atoms with E-state index in [1.54, 1.807) is 20.3 Å². The van der Waals surface area contributed by atoms with Crippen LogP contribution in [0.1, 0.15) is 22.8 Å². The van der Waals surface area contributed by atoms with E-state index in [0.29, 0.717) is 11.3 Å². The van der Waals surface area contributed by atoms with Crippen molar-refractivity contribution in [2.75, 3.05) is 20.0 Å². The summed E-state index contributed by atoms with van der Waals surface area (Å²) < 4.78 is 4.25. The number of carbonyl (C=O) groups is 1. The van der Waals surface area contributed by atoms with Gasteiger partial charge in [-0.1, -0.05) is 12.1 Å². The zero-order valence-electron chi connectivity index (χ0n) is 9.13. The van der Waals surface area contributed by atoms with E-state index in [1.807, 2.05) is 19.1 Å². The Morgan fingerprint density at radius 1 is 1.36 bits per heavy atom. The van der Waals surface area contributed by atoms with Crippen molar-refractivity contribution < 1.29 is 9.53 Å². The second-order valence-corrected chi connectivity index (χ2v) is 3.00. The van der Waals surface area contributed by atoms with Crippen LogP contribution in [0.25, 0.3) is 0 Å². The van der Waals surface area contributed by atoms with Crippen molar-refractivity contribution in [3.8, 4) is 0 Å². The Balaban J connectivity index is 0.000000500. The Labute approximate surface area is 84.9 Å². The molecular formula is C11H17NO2. The third kappa shape index (κ3) is 3.58. The Morgan fingerprint density at radius 2 is 1.86 bits per heavy atom. The normalized spacial score (nSPS) is 8.86. The summed E-state index contributed by atoms with van der Waals surface area (Å²) >= 11 is 0. The number of ether oxygens (including phenoxy) is 1. The number of anilines is 1. The summed E-state index contributed by atoms with van der Waals surface area (Å²) in [5.41, 5.74) is 7.83. The number of hydrogen-bond donors (Lipinski definition) is 1. The first-order valence-electron chi connectivity index (χ1n) is 4.30. The van der Waals surface area contributed by atoms with E-state index in [4.69, 9.17) is 5.73 Å². The maximum Gasteiger partial charge on any atom is 0.161 e. The molecule has 0 spiro atoms. The van der Waals surface area contributed by atoms with Gasteiger partial charge in [0.15, 0.2) is 5.78 Å². The van der Waals surface area contributed by atoms with Crippen LogP contribution in [0.5, 0.6) is 0 Å². The first-order chi connectivity index (χ1) is 6.54. The molecular weight excluding hydrogens is 178 g/mol. The molecule has 78 valence electrons. The van der Waals surface area contributed by atoms with Gasteiger partial charge in [0.1, 0.15) is 0 Å². The van der Waals surface area contributed by atoms with E-state index in [-0.39, 0.29) is 5.78 Å². The summed E-state index contributed by atoms with van der Waals surface area (Å²) in [6.07, 6.45) is 0. The van der Waals surface area contributed by atoms with Crippen molar-refractivity contribution in [2.24, 2.45) is 0 Å². The molecule has 0 aromatic heterocycles. The second-order valence-electron chi connectivity index (χ2n) is 3.00. The van der Waals surface area contributed by atoms with Gasteiger partial charge in [-0.05, 0) is 25.5 Å². The van der Waals surface area contributed by atoms with E-state index in [1.165, 1.54) is 6.92 Å². The van der Waals surface area contributed by atoms with Gasteiger partial charge in [-0.25, -0.2) is 0 Å². The first-order valence-corrected chi connectivity index (χ1v) is 4.30. The van der Waals surface area contributed by atoms with Crippen LogP contribution in [-0.2, 0) is 4.74 Å². The summed E-state index contributed by atoms with van der Waals surface area (Å²) in [6, 6.07) is 5.47. The third-order valence-corrected chi connectivity index (χ3v) is 1.70. The van der Waals surface area contributed by atoms with Crippen LogP contribution in [0, 0.1) is 6.92 Å². The maximum absolute atomic E-state index is 10.9. The molecule has 0 saturated carbocycles. The Hall–Kier alpha value is -1.35. The minimum atomic E-state index is 0.0196. The minimum absolute atomic E-state index is 0.0196. The second kappa shape index (κ2) is 6.16. The van der Waals surface area contributed by atoms with Gasteiger partial charge < -0.3 is 10.5 Å². The van der Waals surface area contributed by atoms with Crippen molar-refractivity contribution in [3.63, 3.8) is 0 Å². The summed E-state index contributed by atoms with van der Waals surface area (Å²) in [5, 5.41) is 0. The van der Waals surface area contributed by atoms with E-state index in [2.05, 4.69) is 4.74 Å². The first kappa shape index (κ1) is 12.7. The van der Waals surface area contributed by atoms with Crippen LogP contribution in [0.15, 0.2) is 18.2 Å². The van der Waals surface area contributed by atoms with Crippen LogP contribution in [0.2, 0.25) is 0 Å². The van der Waals surface area contributed by atoms with E-state index >= 15 is 0 Å². The predicted molar refractivity (Wildman–Crippen MR) is 58.5 cm³/mol. The number of methoxy groups -OCH3 is 1. The molecule has 0 atom stereocenters. The molecule has 0 heterocycles. The Bertz CT molecular complexity index is 308. The van der Waals surface area contributed by atoms with Crippen molar-refractivity contribution in [2.45, 2.75) is 13.8 Å².